The summed E-state index contributed by atoms with van der Waals surface area (Å²) in [6, 6.07) is 10.2. The van der Waals surface area contributed by atoms with Crippen molar-refractivity contribution >= 4 is 39.5 Å². The van der Waals surface area contributed by atoms with Gasteiger partial charge in [0.25, 0.3) is 0 Å². The van der Waals surface area contributed by atoms with E-state index in [1.165, 1.54) is 11.3 Å². The molecular formula is C16H16N6S. The number of para-hydroxylation sites is 2. The van der Waals surface area contributed by atoms with Crippen LogP contribution >= 0.6 is 11.3 Å². The Morgan fingerprint density at radius 3 is 2.83 bits per heavy atom. The zero-order valence-corrected chi connectivity index (χ0v) is 13.6. The molecule has 0 N–H and O–H groups in total. The zero-order valence-electron chi connectivity index (χ0n) is 12.8. The molecule has 0 radical (unpaired) electrons. The minimum absolute atomic E-state index is 0.601. The van der Waals surface area contributed by atoms with Gasteiger partial charge in [0, 0.05) is 26.2 Å². The second kappa shape index (κ2) is 5.65. The minimum atomic E-state index is 0.601. The highest BCUT2D eigenvalue weighted by molar-refractivity contribution is 7.18. The van der Waals surface area contributed by atoms with Crippen molar-refractivity contribution in [1.29, 1.82) is 5.26 Å². The van der Waals surface area contributed by atoms with Crippen molar-refractivity contribution in [3.63, 3.8) is 0 Å². The fourth-order valence-electron chi connectivity index (χ4n) is 2.78. The second-order valence-electron chi connectivity index (χ2n) is 5.67. The van der Waals surface area contributed by atoms with Gasteiger partial charge in [0.2, 0.25) is 0 Å². The third kappa shape index (κ3) is 2.46. The Morgan fingerprint density at radius 1 is 1.26 bits per heavy atom. The number of hydrogen-bond donors (Lipinski definition) is 0. The maximum atomic E-state index is 9.41. The highest BCUT2D eigenvalue weighted by Gasteiger charge is 2.16. The topological polar surface area (TPSA) is 59.9 Å². The van der Waals surface area contributed by atoms with E-state index in [1.807, 2.05) is 35.0 Å². The van der Waals surface area contributed by atoms with E-state index in [1.54, 1.807) is 0 Å². The molecule has 6 nitrogen and oxygen atoms in total. The predicted octanol–water partition coefficient (Wildman–Crippen LogP) is 2.33. The molecule has 0 spiro atoms. The second-order valence-corrected chi connectivity index (χ2v) is 6.65. The number of piperazine rings is 1. The van der Waals surface area contributed by atoms with Crippen LogP contribution in [0.2, 0.25) is 0 Å². The van der Waals surface area contributed by atoms with Crippen LogP contribution in [0.15, 0.2) is 29.3 Å². The van der Waals surface area contributed by atoms with E-state index >= 15 is 0 Å². The van der Waals surface area contributed by atoms with Gasteiger partial charge < -0.3 is 9.80 Å². The molecule has 23 heavy (non-hydrogen) atoms. The Labute approximate surface area is 137 Å². The molecule has 0 aliphatic carbocycles. The smallest absolute Gasteiger partial charge is 0.197 e. The van der Waals surface area contributed by atoms with Crippen LogP contribution in [0.4, 0.5) is 5.82 Å². The van der Waals surface area contributed by atoms with Gasteiger partial charge in [0.1, 0.15) is 6.07 Å². The number of rotatable bonds is 2. The molecule has 116 valence electrons. The summed E-state index contributed by atoms with van der Waals surface area (Å²) in [6.07, 6.45) is 1.87. The molecule has 0 saturated carbocycles. The monoisotopic (exact) mass is 324 g/mol. The summed E-state index contributed by atoms with van der Waals surface area (Å²) in [5, 5.41) is 9.41. The first-order valence-electron chi connectivity index (χ1n) is 7.53. The lowest BCUT2D eigenvalue weighted by atomic mass is 10.3. The van der Waals surface area contributed by atoms with Crippen LogP contribution in [0.3, 0.4) is 0 Å². The lowest BCUT2D eigenvalue weighted by molar-refractivity contribution is 0.219. The van der Waals surface area contributed by atoms with E-state index in [9.17, 15) is 5.26 Å². The molecular weight excluding hydrogens is 308 g/mol. The normalized spacial score (nSPS) is 16.6. The quantitative estimate of drug-likeness (QED) is 0.536. The van der Waals surface area contributed by atoms with Crippen LogP contribution in [0.5, 0.6) is 0 Å². The lowest BCUT2D eigenvalue weighted by Crippen LogP contribution is -2.43. The van der Waals surface area contributed by atoms with Gasteiger partial charge in [-0.15, -0.1) is 0 Å². The largest absolute Gasteiger partial charge is 0.360 e. The van der Waals surface area contributed by atoms with Crippen LogP contribution in [0.1, 0.15) is 4.88 Å². The molecule has 7 heteroatoms. The van der Waals surface area contributed by atoms with Crippen molar-refractivity contribution in [1.82, 2.24) is 19.2 Å². The number of hydrogen-bond acceptors (Lipinski definition) is 5. The van der Waals surface area contributed by atoms with E-state index in [0.29, 0.717) is 10.7 Å². The number of nitriles is 1. The van der Waals surface area contributed by atoms with Crippen molar-refractivity contribution < 1.29 is 0 Å². The van der Waals surface area contributed by atoms with Gasteiger partial charge >= 0.3 is 0 Å². The van der Waals surface area contributed by atoms with Crippen molar-refractivity contribution in [2.24, 2.45) is 4.99 Å². The molecule has 4 rings (SSSR count). The van der Waals surface area contributed by atoms with Gasteiger partial charge in [0.15, 0.2) is 15.7 Å². The number of fused-ring (bicyclic) bond motifs is 3. The fourth-order valence-corrected chi connectivity index (χ4v) is 3.66. The molecule has 0 bridgehead atoms. The maximum Gasteiger partial charge on any atom is 0.197 e. The first kappa shape index (κ1) is 14.2. The lowest BCUT2D eigenvalue weighted by Gasteiger charge is -2.30. The first-order chi connectivity index (χ1) is 11.3. The summed E-state index contributed by atoms with van der Waals surface area (Å²) in [5.74, 6) is 0.681. The summed E-state index contributed by atoms with van der Waals surface area (Å²) >= 11 is 1.39. The van der Waals surface area contributed by atoms with Crippen LogP contribution in [-0.2, 0) is 0 Å². The van der Waals surface area contributed by atoms with E-state index in [0.717, 1.165) is 42.2 Å². The summed E-state index contributed by atoms with van der Waals surface area (Å²) in [6.45, 7) is 3.98. The van der Waals surface area contributed by atoms with Gasteiger partial charge in [0.05, 0.1) is 17.4 Å². The number of aliphatic imine (C=N–C) groups is 1. The minimum Gasteiger partial charge on any atom is -0.360 e. The van der Waals surface area contributed by atoms with Gasteiger partial charge in [-0.3, -0.25) is 4.40 Å². The third-order valence-electron chi connectivity index (χ3n) is 4.12. The van der Waals surface area contributed by atoms with Gasteiger partial charge in [-0.05, 0) is 19.2 Å². The van der Waals surface area contributed by atoms with Crippen molar-refractivity contribution in [3.05, 3.63) is 29.1 Å². The number of benzene rings is 1. The van der Waals surface area contributed by atoms with Crippen LogP contribution < -0.4 is 0 Å². The standard InChI is InChI=1S/C16H16N6S/c1-20-6-8-21(9-7-20)11-18-15-14(10-17)23-16-19-12-4-2-3-5-13(12)22(15)16/h2-5,11H,6-9H2,1H3/b18-11+. The molecule has 3 heterocycles. The van der Waals surface area contributed by atoms with E-state index in [4.69, 9.17) is 0 Å². The van der Waals surface area contributed by atoms with Crippen LogP contribution in [0.25, 0.3) is 16.0 Å². The van der Waals surface area contributed by atoms with Gasteiger partial charge in [-0.1, -0.05) is 23.5 Å². The highest BCUT2D eigenvalue weighted by Crippen LogP contribution is 2.32. The maximum absolute atomic E-state index is 9.41. The zero-order chi connectivity index (χ0) is 15.8. The Hall–Kier alpha value is -2.43. The first-order valence-corrected chi connectivity index (χ1v) is 8.35. The van der Waals surface area contributed by atoms with Crippen molar-refractivity contribution in [2.75, 3.05) is 33.2 Å². The van der Waals surface area contributed by atoms with E-state index < -0.39 is 0 Å². The number of likely N-dealkylation sites (N-methyl/N-ethyl adjacent to an activating group) is 1. The van der Waals surface area contributed by atoms with Crippen LogP contribution in [-0.4, -0.2) is 58.7 Å². The Bertz CT molecular complexity index is 923. The van der Waals surface area contributed by atoms with Crippen molar-refractivity contribution in [2.45, 2.75) is 0 Å². The Morgan fingerprint density at radius 2 is 2.04 bits per heavy atom. The van der Waals surface area contributed by atoms with E-state index in [-0.39, 0.29) is 0 Å². The summed E-state index contributed by atoms with van der Waals surface area (Å²) in [7, 11) is 2.13. The molecule has 1 fully saturated rings. The van der Waals surface area contributed by atoms with Crippen LogP contribution in [0, 0.1) is 11.3 Å². The Balaban J connectivity index is 1.77. The average molecular weight is 324 g/mol. The fraction of sp³-hybridized carbons (Fsp3) is 0.312. The summed E-state index contributed by atoms with van der Waals surface area (Å²) in [4.78, 5) is 15.1. The Kier molecular flexibility index (Phi) is 3.48. The molecule has 1 aliphatic heterocycles. The molecule has 3 aromatic rings. The van der Waals surface area contributed by atoms with Crippen molar-refractivity contribution in [3.8, 4) is 6.07 Å². The number of aromatic nitrogens is 2. The molecule has 1 aliphatic rings. The third-order valence-corrected chi connectivity index (χ3v) is 5.06. The summed E-state index contributed by atoms with van der Waals surface area (Å²) < 4.78 is 1.98. The molecule has 2 aromatic heterocycles. The molecule has 0 amide bonds. The van der Waals surface area contributed by atoms with E-state index in [2.05, 4.69) is 32.9 Å². The number of nitrogens with zero attached hydrogens (tertiary/aromatic N) is 6. The SMILES string of the molecule is CN1CCN(/C=N/c2c(C#N)sc3nc4ccccc4n23)CC1. The highest BCUT2D eigenvalue weighted by atomic mass is 32.1. The molecule has 0 unspecified atom stereocenters. The molecule has 1 saturated heterocycles. The van der Waals surface area contributed by atoms with Gasteiger partial charge in [-0.25, -0.2) is 9.98 Å². The summed E-state index contributed by atoms with van der Waals surface area (Å²) in [5.41, 5.74) is 1.92. The predicted molar refractivity (Wildman–Crippen MR) is 92.5 cm³/mol. The average Bonchev–Trinajstić information content (AvgIpc) is 3.10. The number of thiazole rings is 1. The molecule has 0 atom stereocenters. The number of imidazole rings is 1. The van der Waals surface area contributed by atoms with Gasteiger partial charge in [-0.2, -0.15) is 5.26 Å². The molecule has 1 aromatic carbocycles.